The van der Waals surface area contributed by atoms with E-state index in [9.17, 15) is 4.79 Å². The monoisotopic (exact) mass is 429 g/mol. The molecule has 4 rings (SSSR count). The second kappa shape index (κ2) is 9.20. The lowest BCUT2D eigenvalue weighted by molar-refractivity contribution is -0.117. The molecule has 2 aromatic carbocycles. The van der Waals surface area contributed by atoms with Gasteiger partial charge in [0.15, 0.2) is 0 Å². The summed E-state index contributed by atoms with van der Waals surface area (Å²) in [5.74, 6) is 0.174. The average Bonchev–Trinajstić information content (AvgIpc) is 3.34. The number of hydrogen-bond acceptors (Lipinski definition) is 5. The van der Waals surface area contributed by atoms with Crippen molar-refractivity contribution in [2.45, 2.75) is 27.3 Å². The van der Waals surface area contributed by atoms with E-state index in [-0.39, 0.29) is 12.5 Å². The number of likely N-dealkylation sites (N-methyl/N-ethyl adjacent to an activating group) is 1. The number of carbonyl (C=O) groups excluding carboxylic acids is 1. The quantitative estimate of drug-likeness (QED) is 0.467. The minimum atomic E-state index is -0.162. The highest BCUT2D eigenvalue weighted by atomic mass is 16.5. The summed E-state index contributed by atoms with van der Waals surface area (Å²) in [5, 5.41) is 11.5. The maximum atomic E-state index is 12.5. The lowest BCUT2D eigenvalue weighted by Gasteiger charge is -2.16. The Morgan fingerprint density at radius 1 is 1.06 bits per heavy atom. The van der Waals surface area contributed by atoms with Gasteiger partial charge >= 0.3 is 0 Å². The van der Waals surface area contributed by atoms with Gasteiger partial charge in [0.05, 0.1) is 17.9 Å². The van der Waals surface area contributed by atoms with Crippen LogP contribution in [0.2, 0.25) is 0 Å². The van der Waals surface area contributed by atoms with Crippen molar-refractivity contribution in [3.63, 3.8) is 0 Å². The van der Waals surface area contributed by atoms with E-state index in [1.165, 1.54) is 5.56 Å². The predicted molar refractivity (Wildman–Crippen MR) is 125 cm³/mol. The van der Waals surface area contributed by atoms with Crippen LogP contribution in [-0.4, -0.2) is 39.3 Å². The molecule has 0 atom stereocenters. The van der Waals surface area contributed by atoms with Crippen molar-refractivity contribution in [2.24, 2.45) is 0 Å². The highest BCUT2D eigenvalue weighted by molar-refractivity contribution is 5.91. The molecule has 0 aliphatic heterocycles. The van der Waals surface area contributed by atoms with Gasteiger partial charge in [0.25, 0.3) is 0 Å². The van der Waals surface area contributed by atoms with Gasteiger partial charge in [0.1, 0.15) is 5.69 Å². The van der Waals surface area contributed by atoms with Crippen LogP contribution < -0.4 is 5.32 Å². The smallest absolute Gasteiger partial charge is 0.240 e. The minimum absolute atomic E-state index is 0.162. The molecule has 7 heteroatoms. The first-order chi connectivity index (χ1) is 15.4. The Hall–Kier alpha value is -3.71. The molecule has 0 aliphatic carbocycles. The molecule has 0 radical (unpaired) electrons. The molecule has 0 bridgehead atoms. The second-order valence-electron chi connectivity index (χ2n) is 8.06. The molecule has 4 aromatic rings. The van der Waals surface area contributed by atoms with Gasteiger partial charge in [0.2, 0.25) is 11.8 Å². The number of carbonyl (C=O) groups is 1. The number of nitrogens with zero attached hydrogens (tertiary/aromatic N) is 4. The first-order valence-corrected chi connectivity index (χ1v) is 10.5. The Balaban J connectivity index is 1.38. The fourth-order valence-electron chi connectivity index (χ4n) is 3.67. The van der Waals surface area contributed by atoms with Gasteiger partial charge in [-0.2, -0.15) is 5.10 Å². The van der Waals surface area contributed by atoms with E-state index in [2.05, 4.69) is 22.5 Å². The Labute approximate surface area is 187 Å². The number of anilines is 1. The highest BCUT2D eigenvalue weighted by Gasteiger charge is 2.17. The van der Waals surface area contributed by atoms with E-state index in [1.807, 2.05) is 85.1 Å². The molecule has 0 aliphatic rings. The van der Waals surface area contributed by atoms with E-state index >= 15 is 0 Å². The average molecular weight is 430 g/mol. The lowest BCUT2D eigenvalue weighted by Crippen LogP contribution is -2.30. The zero-order valence-corrected chi connectivity index (χ0v) is 18.8. The molecule has 32 heavy (non-hydrogen) atoms. The summed E-state index contributed by atoms with van der Waals surface area (Å²) >= 11 is 0. The van der Waals surface area contributed by atoms with Crippen molar-refractivity contribution in [3.8, 4) is 16.9 Å². The van der Waals surface area contributed by atoms with E-state index in [4.69, 9.17) is 4.52 Å². The van der Waals surface area contributed by atoms with Crippen LogP contribution >= 0.6 is 0 Å². The zero-order valence-electron chi connectivity index (χ0n) is 18.8. The number of aromatic nitrogens is 3. The zero-order chi connectivity index (χ0) is 22.7. The number of amides is 1. The number of aryl methyl sites for hydroxylation is 2. The topological polar surface area (TPSA) is 76.2 Å². The number of rotatable bonds is 7. The van der Waals surface area contributed by atoms with Crippen LogP contribution in [0.4, 0.5) is 5.88 Å². The Morgan fingerprint density at radius 3 is 2.50 bits per heavy atom. The minimum Gasteiger partial charge on any atom is -0.338 e. The Kier molecular flexibility index (Phi) is 6.18. The molecular formula is C25H27N5O2. The summed E-state index contributed by atoms with van der Waals surface area (Å²) in [6, 6.07) is 19.8. The van der Waals surface area contributed by atoms with Crippen LogP contribution in [0.15, 0.2) is 65.2 Å². The summed E-state index contributed by atoms with van der Waals surface area (Å²) in [5.41, 5.74) is 6.97. The first kappa shape index (κ1) is 21.5. The molecule has 0 saturated carbocycles. The van der Waals surface area contributed by atoms with Gasteiger partial charge in [-0.3, -0.25) is 15.0 Å². The van der Waals surface area contributed by atoms with Gasteiger partial charge < -0.3 is 4.52 Å². The molecule has 2 heterocycles. The third-order valence-electron chi connectivity index (χ3n) is 5.40. The molecule has 0 saturated heterocycles. The van der Waals surface area contributed by atoms with Gasteiger partial charge in [-0.05, 0) is 40.0 Å². The molecule has 1 N–H and O–H groups in total. The third kappa shape index (κ3) is 4.78. The van der Waals surface area contributed by atoms with Gasteiger partial charge in [0, 0.05) is 29.4 Å². The van der Waals surface area contributed by atoms with E-state index < -0.39 is 0 Å². The number of para-hydroxylation sites is 1. The van der Waals surface area contributed by atoms with E-state index in [0.29, 0.717) is 18.1 Å². The molecule has 164 valence electrons. The molecule has 0 fully saturated rings. The van der Waals surface area contributed by atoms with E-state index in [1.54, 1.807) is 6.07 Å². The Morgan fingerprint density at radius 2 is 1.78 bits per heavy atom. The SMILES string of the molecule is Cc1ccc(-c2cc(NC(=O)CN(C)Cc3c(C)nn(-c4ccccc4)c3C)on2)cc1. The van der Waals surface area contributed by atoms with Crippen LogP contribution in [-0.2, 0) is 11.3 Å². The molecule has 0 spiro atoms. The fraction of sp³-hybridized carbons (Fsp3) is 0.240. The maximum Gasteiger partial charge on any atom is 0.240 e. The Bertz CT molecular complexity index is 1210. The van der Waals surface area contributed by atoms with Crippen molar-refractivity contribution < 1.29 is 9.32 Å². The lowest BCUT2D eigenvalue weighted by atomic mass is 10.1. The largest absolute Gasteiger partial charge is 0.338 e. The van der Waals surface area contributed by atoms with E-state index in [0.717, 1.165) is 28.2 Å². The predicted octanol–water partition coefficient (Wildman–Crippen LogP) is 4.52. The summed E-state index contributed by atoms with van der Waals surface area (Å²) in [6.45, 7) is 6.91. The first-order valence-electron chi connectivity index (χ1n) is 10.5. The van der Waals surface area contributed by atoms with Crippen LogP contribution in [0, 0.1) is 20.8 Å². The van der Waals surface area contributed by atoms with Crippen LogP contribution in [0.5, 0.6) is 0 Å². The van der Waals surface area contributed by atoms with Crippen LogP contribution in [0.25, 0.3) is 16.9 Å². The normalized spacial score (nSPS) is 11.2. The molecule has 2 aromatic heterocycles. The molecule has 7 nitrogen and oxygen atoms in total. The fourth-order valence-corrected chi connectivity index (χ4v) is 3.67. The third-order valence-corrected chi connectivity index (χ3v) is 5.40. The van der Waals surface area contributed by atoms with Gasteiger partial charge in [-0.25, -0.2) is 4.68 Å². The number of nitrogens with one attached hydrogen (secondary N) is 1. The molecular weight excluding hydrogens is 402 g/mol. The van der Waals surface area contributed by atoms with Crippen molar-refractivity contribution in [3.05, 3.63) is 83.2 Å². The number of hydrogen-bond donors (Lipinski definition) is 1. The summed E-state index contributed by atoms with van der Waals surface area (Å²) in [7, 11) is 1.91. The standard InChI is InChI=1S/C25H27N5O2/c1-17-10-12-20(13-11-17)23-14-25(32-28-23)26-24(31)16-29(4)15-22-18(2)27-30(19(22)3)21-8-6-5-7-9-21/h5-14H,15-16H2,1-4H3,(H,26,31). The maximum absolute atomic E-state index is 12.5. The van der Waals surface area contributed by atoms with Gasteiger partial charge in [-0.15, -0.1) is 0 Å². The molecule has 0 unspecified atom stereocenters. The van der Waals surface area contributed by atoms with Crippen LogP contribution in [0.3, 0.4) is 0 Å². The van der Waals surface area contributed by atoms with Gasteiger partial charge in [-0.1, -0.05) is 53.2 Å². The van der Waals surface area contributed by atoms with Crippen molar-refractivity contribution in [1.82, 2.24) is 19.8 Å². The summed E-state index contributed by atoms with van der Waals surface area (Å²) in [4.78, 5) is 14.5. The summed E-state index contributed by atoms with van der Waals surface area (Å²) in [6.07, 6.45) is 0. The highest BCUT2D eigenvalue weighted by Crippen LogP contribution is 2.22. The van der Waals surface area contributed by atoms with Crippen molar-refractivity contribution >= 4 is 11.8 Å². The second-order valence-corrected chi connectivity index (χ2v) is 8.06. The van der Waals surface area contributed by atoms with Crippen molar-refractivity contribution in [1.29, 1.82) is 0 Å². The summed E-state index contributed by atoms with van der Waals surface area (Å²) < 4.78 is 7.24. The number of benzene rings is 2. The van der Waals surface area contributed by atoms with Crippen LogP contribution in [0.1, 0.15) is 22.5 Å². The van der Waals surface area contributed by atoms with Crippen molar-refractivity contribution in [2.75, 3.05) is 18.9 Å². The molecule has 1 amide bonds.